The minimum atomic E-state index is -0.436. The zero-order valence-electron chi connectivity index (χ0n) is 17.7. The molecular formula is C24H31N3O3. The summed E-state index contributed by atoms with van der Waals surface area (Å²) in [5, 5.41) is 3.00. The summed E-state index contributed by atoms with van der Waals surface area (Å²) < 4.78 is 4.88. The van der Waals surface area contributed by atoms with E-state index in [2.05, 4.69) is 16.3 Å². The number of piperidine rings is 3. The Morgan fingerprint density at radius 2 is 2.00 bits per heavy atom. The fraction of sp³-hybridized carbons (Fsp3) is 0.583. The summed E-state index contributed by atoms with van der Waals surface area (Å²) in [6, 6.07) is 7.84. The normalized spacial score (nSPS) is 30.6. The Morgan fingerprint density at radius 3 is 2.87 bits per heavy atom. The van der Waals surface area contributed by atoms with Crippen molar-refractivity contribution >= 4 is 17.7 Å². The van der Waals surface area contributed by atoms with Crippen molar-refractivity contribution in [2.45, 2.75) is 50.6 Å². The third-order valence-electron chi connectivity index (χ3n) is 7.49. The van der Waals surface area contributed by atoms with Gasteiger partial charge in [-0.15, -0.1) is 0 Å². The van der Waals surface area contributed by atoms with Crippen LogP contribution in [0.25, 0.3) is 0 Å². The summed E-state index contributed by atoms with van der Waals surface area (Å²) in [7, 11) is 1.36. The number of ether oxygens (including phenoxy) is 1. The molecule has 30 heavy (non-hydrogen) atoms. The number of benzene rings is 1. The number of carbonyl (C=O) groups excluding carboxylic acids is 2. The van der Waals surface area contributed by atoms with E-state index >= 15 is 0 Å². The number of amides is 2. The lowest BCUT2D eigenvalue weighted by Crippen LogP contribution is -2.60. The van der Waals surface area contributed by atoms with Crippen molar-refractivity contribution in [1.29, 1.82) is 0 Å². The van der Waals surface area contributed by atoms with E-state index in [4.69, 9.17) is 4.74 Å². The number of carbonyl (C=O) groups is 2. The fourth-order valence-corrected chi connectivity index (χ4v) is 6.27. The van der Waals surface area contributed by atoms with E-state index in [1.54, 1.807) is 18.2 Å². The van der Waals surface area contributed by atoms with Crippen molar-refractivity contribution in [1.82, 2.24) is 9.80 Å². The minimum Gasteiger partial charge on any atom is -0.465 e. The number of fused-ring (bicyclic) bond motifs is 6. The smallest absolute Gasteiger partial charge is 0.339 e. The number of hydrogen-bond donors (Lipinski definition) is 1. The number of hydrogen-bond acceptors (Lipinski definition) is 4. The number of likely N-dealkylation sites (tertiary alicyclic amines) is 1. The van der Waals surface area contributed by atoms with Crippen LogP contribution in [0.1, 0.15) is 48.9 Å². The van der Waals surface area contributed by atoms with Gasteiger partial charge < -0.3 is 15.0 Å². The monoisotopic (exact) mass is 409 g/mol. The molecule has 1 N–H and O–H groups in total. The molecule has 2 bridgehead atoms. The number of urea groups is 1. The molecule has 1 aromatic rings. The molecule has 1 aliphatic carbocycles. The van der Waals surface area contributed by atoms with Gasteiger partial charge in [-0.3, -0.25) is 4.90 Å². The lowest BCUT2D eigenvalue weighted by Gasteiger charge is -2.54. The number of methoxy groups -OCH3 is 1. The molecule has 4 atom stereocenters. The van der Waals surface area contributed by atoms with Crippen LogP contribution in [0.2, 0.25) is 0 Å². The molecule has 0 aromatic heterocycles. The summed E-state index contributed by atoms with van der Waals surface area (Å²) in [4.78, 5) is 30.2. The van der Waals surface area contributed by atoms with Crippen molar-refractivity contribution in [3.63, 3.8) is 0 Å². The van der Waals surface area contributed by atoms with Gasteiger partial charge in [0.05, 0.1) is 24.4 Å². The van der Waals surface area contributed by atoms with Crippen molar-refractivity contribution in [3.05, 3.63) is 41.5 Å². The summed E-state index contributed by atoms with van der Waals surface area (Å²) in [5.74, 6) is 0.721. The van der Waals surface area contributed by atoms with Gasteiger partial charge in [-0.25, -0.2) is 9.59 Å². The number of para-hydroxylation sites is 1. The van der Waals surface area contributed by atoms with E-state index in [-0.39, 0.29) is 12.1 Å². The number of rotatable bonds is 2. The first-order valence-corrected chi connectivity index (χ1v) is 11.4. The van der Waals surface area contributed by atoms with Crippen LogP contribution in [0.4, 0.5) is 10.5 Å². The van der Waals surface area contributed by atoms with Crippen molar-refractivity contribution in [2.24, 2.45) is 11.8 Å². The number of anilines is 1. The molecule has 6 nitrogen and oxygen atoms in total. The van der Waals surface area contributed by atoms with Crippen LogP contribution in [0.15, 0.2) is 35.9 Å². The number of esters is 1. The van der Waals surface area contributed by atoms with Gasteiger partial charge in [0.15, 0.2) is 0 Å². The predicted octanol–water partition coefficient (Wildman–Crippen LogP) is 3.90. The molecule has 3 saturated heterocycles. The highest BCUT2D eigenvalue weighted by Gasteiger charge is 2.47. The van der Waals surface area contributed by atoms with Gasteiger partial charge in [0.2, 0.25) is 0 Å². The topological polar surface area (TPSA) is 61.9 Å². The zero-order chi connectivity index (χ0) is 20.7. The molecule has 5 rings (SSSR count). The highest BCUT2D eigenvalue weighted by molar-refractivity contribution is 6.00. The quantitative estimate of drug-likeness (QED) is 0.594. The van der Waals surface area contributed by atoms with Gasteiger partial charge in [0.25, 0.3) is 0 Å². The second kappa shape index (κ2) is 8.06. The third kappa shape index (κ3) is 3.41. The van der Waals surface area contributed by atoms with Gasteiger partial charge >= 0.3 is 12.0 Å². The van der Waals surface area contributed by atoms with E-state index in [1.165, 1.54) is 44.9 Å². The predicted molar refractivity (Wildman–Crippen MR) is 115 cm³/mol. The van der Waals surface area contributed by atoms with E-state index in [1.807, 2.05) is 11.0 Å². The summed E-state index contributed by atoms with van der Waals surface area (Å²) in [6.45, 7) is 3.07. The second-order valence-electron chi connectivity index (χ2n) is 9.17. The van der Waals surface area contributed by atoms with Crippen LogP contribution < -0.4 is 5.32 Å². The molecule has 4 aliphatic rings. The Bertz CT molecular complexity index is 867. The van der Waals surface area contributed by atoms with Gasteiger partial charge in [0, 0.05) is 19.1 Å². The van der Waals surface area contributed by atoms with Crippen LogP contribution >= 0.6 is 0 Å². The maximum absolute atomic E-state index is 13.4. The number of nitrogens with zero attached hydrogens (tertiary/aromatic N) is 2. The Balaban J connectivity index is 1.39. The molecular weight excluding hydrogens is 378 g/mol. The highest BCUT2D eigenvalue weighted by atomic mass is 16.5. The fourth-order valence-electron chi connectivity index (χ4n) is 6.27. The molecule has 3 fully saturated rings. The van der Waals surface area contributed by atoms with Gasteiger partial charge in [-0.05, 0) is 62.6 Å². The van der Waals surface area contributed by atoms with Crippen LogP contribution in [-0.2, 0) is 4.74 Å². The van der Waals surface area contributed by atoms with E-state index in [0.29, 0.717) is 29.1 Å². The van der Waals surface area contributed by atoms with E-state index in [9.17, 15) is 9.59 Å². The molecule has 3 heterocycles. The molecule has 160 valence electrons. The molecule has 0 radical (unpaired) electrons. The standard InChI is InChI=1S/C24H31N3O3/c1-30-23(28)19-8-2-3-9-20(19)25-24(29)27-12-6-7-16-13-17-14-18(22(16)27)15-26-11-5-4-10-21(17)26/h2-3,8-9,13,17-18,21-22H,4-7,10-12,14-15H2,1H3,(H,25,29)/t17-,18+,21+,22+/m1/s1. The summed E-state index contributed by atoms with van der Waals surface area (Å²) in [5.41, 5.74) is 2.36. The van der Waals surface area contributed by atoms with Crippen molar-refractivity contribution in [3.8, 4) is 0 Å². The molecule has 1 aromatic carbocycles. The van der Waals surface area contributed by atoms with Gasteiger partial charge in [0.1, 0.15) is 0 Å². The lowest BCUT2D eigenvalue weighted by molar-refractivity contribution is 0.00908. The highest BCUT2D eigenvalue weighted by Crippen LogP contribution is 2.45. The average molecular weight is 410 g/mol. The van der Waals surface area contributed by atoms with Crippen LogP contribution in [0, 0.1) is 11.8 Å². The molecule has 0 saturated carbocycles. The average Bonchev–Trinajstić information content (AvgIpc) is 2.78. The van der Waals surface area contributed by atoms with Crippen LogP contribution in [0.5, 0.6) is 0 Å². The Hall–Kier alpha value is -2.34. The Kier molecular flexibility index (Phi) is 5.27. The first-order chi connectivity index (χ1) is 14.7. The SMILES string of the molecule is COC(=O)c1ccccc1NC(=O)N1CCCC2=C[C@@H]3C[C@@H](CN4CCCC[C@@H]34)[C@H]21. The van der Waals surface area contributed by atoms with E-state index in [0.717, 1.165) is 25.9 Å². The van der Waals surface area contributed by atoms with E-state index < -0.39 is 5.97 Å². The molecule has 0 spiro atoms. The zero-order valence-corrected chi connectivity index (χ0v) is 17.7. The van der Waals surface area contributed by atoms with Crippen LogP contribution in [0.3, 0.4) is 0 Å². The molecule has 3 aliphatic heterocycles. The molecule has 0 unspecified atom stereocenters. The lowest BCUT2D eigenvalue weighted by atomic mass is 9.68. The third-order valence-corrected chi connectivity index (χ3v) is 7.49. The second-order valence-corrected chi connectivity index (χ2v) is 9.17. The maximum Gasteiger partial charge on any atom is 0.339 e. The molecule has 2 amide bonds. The van der Waals surface area contributed by atoms with Crippen LogP contribution in [-0.4, -0.2) is 60.6 Å². The number of nitrogens with one attached hydrogen (secondary N) is 1. The van der Waals surface area contributed by atoms with Crippen molar-refractivity contribution in [2.75, 3.05) is 32.1 Å². The maximum atomic E-state index is 13.4. The Morgan fingerprint density at radius 1 is 1.13 bits per heavy atom. The largest absolute Gasteiger partial charge is 0.465 e. The summed E-state index contributed by atoms with van der Waals surface area (Å²) in [6.07, 6.45) is 9.78. The summed E-state index contributed by atoms with van der Waals surface area (Å²) >= 11 is 0. The first-order valence-electron chi connectivity index (χ1n) is 11.4. The van der Waals surface area contributed by atoms with Gasteiger partial charge in [-0.2, -0.15) is 0 Å². The first kappa shape index (κ1) is 19.6. The Labute approximate surface area is 178 Å². The van der Waals surface area contributed by atoms with Gasteiger partial charge in [-0.1, -0.05) is 30.2 Å². The minimum absolute atomic E-state index is 0.110. The molecule has 6 heteroatoms. The van der Waals surface area contributed by atoms with Crippen molar-refractivity contribution < 1.29 is 14.3 Å².